The third-order valence-corrected chi connectivity index (χ3v) is 3.19. The normalized spacial score (nSPS) is 11.6. The first kappa shape index (κ1) is 14.3. The van der Waals surface area contributed by atoms with Crippen molar-refractivity contribution in [1.29, 1.82) is 0 Å². The van der Waals surface area contributed by atoms with Gasteiger partial charge in [-0.05, 0) is 24.1 Å². The highest BCUT2D eigenvalue weighted by Gasteiger charge is 2.16. The van der Waals surface area contributed by atoms with Gasteiger partial charge in [-0.25, -0.2) is 4.98 Å². The smallest absolute Gasteiger partial charge is 0.303 e. The third-order valence-electron chi connectivity index (χ3n) is 3.19. The lowest BCUT2D eigenvalue weighted by Gasteiger charge is -2.14. The lowest BCUT2D eigenvalue weighted by Crippen LogP contribution is -2.11. The zero-order chi connectivity index (χ0) is 14.8. The second-order valence-electron chi connectivity index (χ2n) is 5.98. The van der Waals surface area contributed by atoms with Crippen LogP contribution in [0.15, 0.2) is 36.8 Å². The molecule has 0 atom stereocenters. The Morgan fingerprint density at radius 1 is 1.35 bits per heavy atom. The molecule has 0 spiro atoms. The second kappa shape index (κ2) is 5.49. The van der Waals surface area contributed by atoms with Gasteiger partial charge in [0.05, 0.1) is 12.0 Å². The van der Waals surface area contributed by atoms with E-state index in [0.29, 0.717) is 6.42 Å². The molecule has 1 heterocycles. The molecular weight excluding hydrogens is 252 g/mol. The molecule has 1 aromatic heterocycles. The maximum atomic E-state index is 10.6. The molecule has 0 fully saturated rings. The van der Waals surface area contributed by atoms with Gasteiger partial charge in [0, 0.05) is 23.7 Å². The van der Waals surface area contributed by atoms with Gasteiger partial charge in [-0.3, -0.25) is 4.79 Å². The van der Waals surface area contributed by atoms with E-state index in [-0.39, 0.29) is 11.8 Å². The molecule has 0 saturated carbocycles. The van der Waals surface area contributed by atoms with E-state index in [4.69, 9.17) is 5.11 Å². The van der Waals surface area contributed by atoms with E-state index in [1.54, 1.807) is 6.33 Å². The minimum Gasteiger partial charge on any atom is -0.481 e. The van der Waals surface area contributed by atoms with Crippen molar-refractivity contribution < 1.29 is 9.90 Å². The number of carbonyl (C=O) groups is 1. The van der Waals surface area contributed by atoms with Gasteiger partial charge >= 0.3 is 5.97 Å². The topological polar surface area (TPSA) is 55.1 Å². The molecule has 4 heteroatoms. The summed E-state index contributed by atoms with van der Waals surface area (Å²) in [5, 5.41) is 8.74. The number of aromatic nitrogens is 2. The van der Waals surface area contributed by atoms with E-state index in [9.17, 15) is 4.79 Å². The first-order valence-corrected chi connectivity index (χ1v) is 6.72. The molecule has 1 N–H and O–H groups in total. The van der Waals surface area contributed by atoms with Crippen molar-refractivity contribution in [3.05, 3.63) is 48.0 Å². The Kier molecular flexibility index (Phi) is 3.93. The first-order valence-electron chi connectivity index (χ1n) is 6.72. The summed E-state index contributed by atoms with van der Waals surface area (Å²) in [4.78, 5) is 15.1. The fourth-order valence-electron chi connectivity index (χ4n) is 1.98. The number of aryl methyl sites for hydroxylation is 1. The van der Waals surface area contributed by atoms with Crippen molar-refractivity contribution in [2.75, 3.05) is 0 Å². The molecule has 4 nitrogen and oxygen atoms in total. The number of aliphatic carboxylic acids is 1. The summed E-state index contributed by atoms with van der Waals surface area (Å²) < 4.78 is 1.98. The molecule has 0 bridgehead atoms. The van der Waals surface area contributed by atoms with Crippen molar-refractivity contribution in [3.8, 4) is 5.69 Å². The van der Waals surface area contributed by atoms with Crippen LogP contribution in [0.1, 0.15) is 38.4 Å². The van der Waals surface area contributed by atoms with E-state index in [1.165, 1.54) is 0 Å². The Bertz CT molecular complexity index is 609. The van der Waals surface area contributed by atoms with Crippen LogP contribution in [-0.2, 0) is 16.6 Å². The molecule has 0 saturated heterocycles. The van der Waals surface area contributed by atoms with E-state index in [2.05, 4.69) is 25.8 Å². The Labute approximate surface area is 119 Å². The van der Waals surface area contributed by atoms with Crippen molar-refractivity contribution >= 4 is 5.97 Å². The monoisotopic (exact) mass is 272 g/mol. The summed E-state index contributed by atoms with van der Waals surface area (Å²) in [5.74, 6) is -0.770. The van der Waals surface area contributed by atoms with Crippen molar-refractivity contribution in [2.45, 2.75) is 39.0 Å². The van der Waals surface area contributed by atoms with Crippen molar-refractivity contribution in [3.63, 3.8) is 0 Å². The van der Waals surface area contributed by atoms with Crippen LogP contribution in [0, 0.1) is 0 Å². The van der Waals surface area contributed by atoms with Gasteiger partial charge < -0.3 is 9.67 Å². The predicted octanol–water partition coefficient (Wildman–Crippen LogP) is 3.19. The fourth-order valence-corrected chi connectivity index (χ4v) is 1.98. The average molecular weight is 272 g/mol. The number of benzene rings is 1. The summed E-state index contributed by atoms with van der Waals surface area (Å²) in [6, 6.07) is 7.91. The van der Waals surface area contributed by atoms with Crippen LogP contribution in [0.5, 0.6) is 0 Å². The molecule has 0 aliphatic rings. The van der Waals surface area contributed by atoms with Gasteiger partial charge in [0.2, 0.25) is 0 Å². The molecular formula is C16H20N2O2. The van der Waals surface area contributed by atoms with Gasteiger partial charge in [-0.2, -0.15) is 0 Å². The van der Waals surface area contributed by atoms with Crippen LogP contribution >= 0.6 is 0 Å². The first-order chi connectivity index (χ1) is 9.36. The molecule has 0 radical (unpaired) electrons. The van der Waals surface area contributed by atoms with E-state index >= 15 is 0 Å². The Morgan fingerprint density at radius 2 is 2.10 bits per heavy atom. The van der Waals surface area contributed by atoms with Crippen molar-refractivity contribution in [1.82, 2.24) is 9.55 Å². The second-order valence-corrected chi connectivity index (χ2v) is 5.98. The standard InChI is InChI=1S/C16H20N2O2/c1-16(2,3)14-10-18(11-17-14)13-6-4-5-12(9-13)7-8-15(19)20/h4-6,9-11H,7-8H2,1-3H3,(H,19,20). The van der Waals surface area contributed by atoms with Gasteiger partial charge in [0.1, 0.15) is 0 Å². The number of rotatable bonds is 4. The fraction of sp³-hybridized carbons (Fsp3) is 0.375. The quantitative estimate of drug-likeness (QED) is 0.930. The van der Waals surface area contributed by atoms with Crippen molar-refractivity contribution in [2.24, 2.45) is 0 Å². The number of hydrogen-bond acceptors (Lipinski definition) is 2. The molecule has 2 aromatic rings. The largest absolute Gasteiger partial charge is 0.481 e. The Morgan fingerprint density at radius 3 is 2.70 bits per heavy atom. The summed E-state index contributed by atoms with van der Waals surface area (Å²) in [6.45, 7) is 6.38. The van der Waals surface area contributed by atoms with Gasteiger partial charge in [-0.15, -0.1) is 0 Å². The minimum atomic E-state index is -0.770. The molecule has 0 amide bonds. The van der Waals surface area contributed by atoms with E-state index in [0.717, 1.165) is 16.9 Å². The number of nitrogens with zero attached hydrogens (tertiary/aromatic N) is 2. The predicted molar refractivity (Wildman–Crippen MR) is 78.2 cm³/mol. The van der Waals surface area contributed by atoms with E-state index in [1.807, 2.05) is 35.0 Å². The highest BCUT2D eigenvalue weighted by molar-refractivity contribution is 5.67. The van der Waals surface area contributed by atoms with Crippen LogP contribution in [-0.4, -0.2) is 20.6 Å². The van der Waals surface area contributed by atoms with Gasteiger partial charge in [-0.1, -0.05) is 32.9 Å². The molecule has 106 valence electrons. The third kappa shape index (κ3) is 3.47. The summed E-state index contributed by atoms with van der Waals surface area (Å²) in [6.07, 6.45) is 4.53. The van der Waals surface area contributed by atoms with Gasteiger partial charge in [0.15, 0.2) is 0 Å². The zero-order valence-electron chi connectivity index (χ0n) is 12.1. The maximum Gasteiger partial charge on any atom is 0.303 e. The summed E-state index contributed by atoms with van der Waals surface area (Å²) >= 11 is 0. The molecule has 0 aliphatic carbocycles. The highest BCUT2D eigenvalue weighted by atomic mass is 16.4. The zero-order valence-corrected chi connectivity index (χ0v) is 12.1. The van der Waals surface area contributed by atoms with Crippen LogP contribution < -0.4 is 0 Å². The molecule has 2 rings (SSSR count). The van der Waals surface area contributed by atoms with Crippen LogP contribution in [0.25, 0.3) is 5.69 Å². The summed E-state index contributed by atoms with van der Waals surface area (Å²) in [7, 11) is 0. The number of carboxylic acids is 1. The Hall–Kier alpha value is -2.10. The average Bonchev–Trinajstić information content (AvgIpc) is 2.86. The maximum absolute atomic E-state index is 10.6. The minimum absolute atomic E-state index is 0.0200. The lowest BCUT2D eigenvalue weighted by atomic mass is 9.93. The van der Waals surface area contributed by atoms with Crippen LogP contribution in [0.3, 0.4) is 0 Å². The Balaban J connectivity index is 2.22. The van der Waals surface area contributed by atoms with Gasteiger partial charge in [0.25, 0.3) is 0 Å². The number of hydrogen-bond donors (Lipinski definition) is 1. The van der Waals surface area contributed by atoms with E-state index < -0.39 is 5.97 Å². The van der Waals surface area contributed by atoms with Crippen LogP contribution in [0.2, 0.25) is 0 Å². The number of imidazole rings is 1. The lowest BCUT2D eigenvalue weighted by molar-refractivity contribution is -0.136. The molecule has 1 aromatic carbocycles. The number of carboxylic acid groups (broad SMARTS) is 1. The van der Waals surface area contributed by atoms with Crippen LogP contribution in [0.4, 0.5) is 0 Å². The molecule has 0 aliphatic heterocycles. The highest BCUT2D eigenvalue weighted by Crippen LogP contribution is 2.21. The molecule has 20 heavy (non-hydrogen) atoms. The molecule has 0 unspecified atom stereocenters. The summed E-state index contributed by atoms with van der Waals surface area (Å²) in [5.41, 5.74) is 3.09. The SMILES string of the molecule is CC(C)(C)c1cn(-c2cccc(CCC(=O)O)c2)cn1.